The molecule has 2 aromatic rings. The standard InChI is InChI=1S/C23H26Cl2N2O4/c24-18-3-7-20(8-4-18)30-15-22(28)26-12-11-17-2-1-13-27(14-17)23(29)16-31-21-9-5-19(25)6-10-21/h3-10,17H,1-2,11-16H2,(H,26,28). The number of piperidine rings is 1. The summed E-state index contributed by atoms with van der Waals surface area (Å²) >= 11 is 11.7. The molecule has 1 saturated heterocycles. The van der Waals surface area contributed by atoms with Gasteiger partial charge in [-0.2, -0.15) is 0 Å². The van der Waals surface area contributed by atoms with Crippen molar-refractivity contribution in [1.82, 2.24) is 10.2 Å². The molecule has 1 fully saturated rings. The Morgan fingerprint density at radius 3 is 2.13 bits per heavy atom. The molecule has 1 aliphatic heterocycles. The fourth-order valence-corrected chi connectivity index (χ4v) is 3.69. The van der Waals surface area contributed by atoms with Gasteiger partial charge in [-0.05, 0) is 73.7 Å². The third-order valence-corrected chi connectivity index (χ3v) is 5.61. The molecule has 31 heavy (non-hydrogen) atoms. The number of hydrogen-bond acceptors (Lipinski definition) is 4. The Morgan fingerprint density at radius 2 is 1.52 bits per heavy atom. The molecule has 2 aromatic carbocycles. The Morgan fingerprint density at radius 1 is 0.935 bits per heavy atom. The van der Waals surface area contributed by atoms with Crippen molar-refractivity contribution >= 4 is 35.0 Å². The van der Waals surface area contributed by atoms with E-state index in [1.165, 1.54) is 0 Å². The first-order valence-corrected chi connectivity index (χ1v) is 11.1. The number of ether oxygens (including phenoxy) is 2. The van der Waals surface area contributed by atoms with Gasteiger partial charge in [-0.1, -0.05) is 23.2 Å². The number of amides is 2. The average Bonchev–Trinajstić information content (AvgIpc) is 2.78. The zero-order chi connectivity index (χ0) is 22.1. The lowest BCUT2D eigenvalue weighted by Crippen LogP contribution is -2.43. The van der Waals surface area contributed by atoms with E-state index in [9.17, 15) is 9.59 Å². The van der Waals surface area contributed by atoms with Crippen LogP contribution < -0.4 is 14.8 Å². The van der Waals surface area contributed by atoms with Gasteiger partial charge in [-0.25, -0.2) is 0 Å². The first kappa shape index (κ1) is 23.2. The number of likely N-dealkylation sites (tertiary alicyclic amines) is 1. The van der Waals surface area contributed by atoms with E-state index in [-0.39, 0.29) is 25.0 Å². The van der Waals surface area contributed by atoms with E-state index in [1.54, 1.807) is 48.5 Å². The lowest BCUT2D eigenvalue weighted by molar-refractivity contribution is -0.135. The second kappa shape index (κ2) is 11.8. The second-order valence-electron chi connectivity index (χ2n) is 7.47. The second-order valence-corrected chi connectivity index (χ2v) is 8.34. The predicted molar refractivity (Wildman–Crippen MR) is 121 cm³/mol. The summed E-state index contributed by atoms with van der Waals surface area (Å²) in [5.41, 5.74) is 0. The normalized spacial score (nSPS) is 15.9. The summed E-state index contributed by atoms with van der Waals surface area (Å²) < 4.78 is 11.0. The molecule has 0 bridgehead atoms. The Balaban J connectivity index is 1.33. The van der Waals surface area contributed by atoms with Crippen LogP contribution in [-0.2, 0) is 9.59 Å². The first-order chi connectivity index (χ1) is 15.0. The van der Waals surface area contributed by atoms with Crippen LogP contribution in [0.1, 0.15) is 19.3 Å². The van der Waals surface area contributed by atoms with E-state index in [4.69, 9.17) is 32.7 Å². The molecule has 0 saturated carbocycles. The average molecular weight is 465 g/mol. The first-order valence-electron chi connectivity index (χ1n) is 10.3. The van der Waals surface area contributed by atoms with Crippen LogP contribution in [0.15, 0.2) is 48.5 Å². The maximum Gasteiger partial charge on any atom is 0.260 e. The van der Waals surface area contributed by atoms with E-state index in [0.29, 0.717) is 40.6 Å². The molecule has 0 radical (unpaired) electrons. The smallest absolute Gasteiger partial charge is 0.260 e. The van der Waals surface area contributed by atoms with Crippen LogP contribution in [0.25, 0.3) is 0 Å². The molecule has 1 unspecified atom stereocenters. The van der Waals surface area contributed by atoms with Gasteiger partial charge < -0.3 is 19.7 Å². The lowest BCUT2D eigenvalue weighted by atomic mass is 9.95. The van der Waals surface area contributed by atoms with Gasteiger partial charge in [0.1, 0.15) is 11.5 Å². The summed E-state index contributed by atoms with van der Waals surface area (Å²) in [6, 6.07) is 13.8. The van der Waals surface area contributed by atoms with Crippen LogP contribution in [0, 0.1) is 5.92 Å². The van der Waals surface area contributed by atoms with Crippen LogP contribution in [0.2, 0.25) is 10.0 Å². The highest BCUT2D eigenvalue weighted by Crippen LogP contribution is 2.20. The molecular weight excluding hydrogens is 439 g/mol. The molecule has 166 valence electrons. The minimum Gasteiger partial charge on any atom is -0.484 e. The van der Waals surface area contributed by atoms with Gasteiger partial charge in [0.15, 0.2) is 13.2 Å². The molecule has 3 rings (SSSR count). The van der Waals surface area contributed by atoms with Crippen molar-refractivity contribution in [2.45, 2.75) is 19.3 Å². The fourth-order valence-electron chi connectivity index (χ4n) is 3.44. The summed E-state index contributed by atoms with van der Waals surface area (Å²) in [6.07, 6.45) is 2.80. The maximum absolute atomic E-state index is 12.5. The quantitative estimate of drug-likeness (QED) is 0.603. The minimum atomic E-state index is -0.171. The molecule has 6 nitrogen and oxygen atoms in total. The number of nitrogens with one attached hydrogen (secondary N) is 1. The summed E-state index contributed by atoms with van der Waals surface area (Å²) in [4.78, 5) is 26.3. The van der Waals surface area contributed by atoms with Crippen molar-refractivity contribution in [2.75, 3.05) is 32.8 Å². The Bertz CT molecular complexity index is 859. The van der Waals surface area contributed by atoms with Crippen LogP contribution in [0.3, 0.4) is 0 Å². The molecule has 1 atom stereocenters. The highest BCUT2D eigenvalue weighted by atomic mass is 35.5. The number of halogens is 2. The minimum absolute atomic E-state index is 0.00707. The van der Waals surface area contributed by atoms with Crippen LogP contribution in [0.5, 0.6) is 11.5 Å². The van der Waals surface area contributed by atoms with Gasteiger partial charge in [0.25, 0.3) is 11.8 Å². The summed E-state index contributed by atoms with van der Waals surface area (Å²) in [5.74, 6) is 1.37. The van der Waals surface area contributed by atoms with Crippen molar-refractivity contribution < 1.29 is 19.1 Å². The van der Waals surface area contributed by atoms with E-state index < -0.39 is 0 Å². The predicted octanol–water partition coefficient (Wildman–Crippen LogP) is 4.20. The Hall–Kier alpha value is -2.44. The van der Waals surface area contributed by atoms with Crippen molar-refractivity contribution in [3.63, 3.8) is 0 Å². The number of carbonyl (C=O) groups excluding carboxylic acids is 2. The highest BCUT2D eigenvalue weighted by Gasteiger charge is 2.23. The van der Waals surface area contributed by atoms with Crippen LogP contribution in [0.4, 0.5) is 0 Å². The molecule has 0 aromatic heterocycles. The van der Waals surface area contributed by atoms with Gasteiger partial charge >= 0.3 is 0 Å². The van der Waals surface area contributed by atoms with E-state index in [0.717, 1.165) is 25.8 Å². The maximum atomic E-state index is 12.5. The summed E-state index contributed by atoms with van der Waals surface area (Å²) in [6.45, 7) is 1.93. The van der Waals surface area contributed by atoms with Crippen molar-refractivity contribution in [2.24, 2.45) is 5.92 Å². The Labute approximate surface area is 192 Å². The zero-order valence-electron chi connectivity index (χ0n) is 17.2. The molecule has 0 aliphatic carbocycles. The molecule has 1 N–H and O–H groups in total. The van der Waals surface area contributed by atoms with Crippen molar-refractivity contribution in [1.29, 1.82) is 0 Å². The van der Waals surface area contributed by atoms with Gasteiger partial charge in [0.05, 0.1) is 0 Å². The SMILES string of the molecule is O=C(COc1ccc(Cl)cc1)NCCC1CCCN(C(=O)COc2ccc(Cl)cc2)C1. The van der Waals surface area contributed by atoms with Crippen LogP contribution >= 0.6 is 23.2 Å². The molecule has 1 aliphatic rings. The monoisotopic (exact) mass is 464 g/mol. The van der Waals surface area contributed by atoms with E-state index >= 15 is 0 Å². The lowest BCUT2D eigenvalue weighted by Gasteiger charge is -2.32. The van der Waals surface area contributed by atoms with Crippen LogP contribution in [-0.4, -0.2) is 49.6 Å². The number of carbonyl (C=O) groups is 2. The van der Waals surface area contributed by atoms with Crippen molar-refractivity contribution in [3.05, 3.63) is 58.6 Å². The molecule has 2 amide bonds. The summed E-state index contributed by atoms with van der Waals surface area (Å²) in [7, 11) is 0. The van der Waals surface area contributed by atoms with Crippen molar-refractivity contribution in [3.8, 4) is 11.5 Å². The highest BCUT2D eigenvalue weighted by molar-refractivity contribution is 6.30. The topological polar surface area (TPSA) is 67.9 Å². The van der Waals surface area contributed by atoms with E-state index in [2.05, 4.69) is 5.32 Å². The molecule has 8 heteroatoms. The largest absolute Gasteiger partial charge is 0.484 e. The van der Waals surface area contributed by atoms with Gasteiger partial charge in [0, 0.05) is 29.7 Å². The number of hydrogen-bond donors (Lipinski definition) is 1. The molecular formula is C23H26Cl2N2O4. The number of rotatable bonds is 9. The third kappa shape index (κ3) is 7.96. The molecule has 1 heterocycles. The van der Waals surface area contributed by atoms with Gasteiger partial charge in [-0.3, -0.25) is 9.59 Å². The molecule has 0 spiro atoms. The number of benzene rings is 2. The summed E-state index contributed by atoms with van der Waals surface area (Å²) in [5, 5.41) is 4.12. The van der Waals surface area contributed by atoms with Gasteiger partial charge in [0.2, 0.25) is 0 Å². The zero-order valence-corrected chi connectivity index (χ0v) is 18.7. The third-order valence-electron chi connectivity index (χ3n) is 5.11. The van der Waals surface area contributed by atoms with Gasteiger partial charge in [-0.15, -0.1) is 0 Å². The van der Waals surface area contributed by atoms with E-state index in [1.807, 2.05) is 4.90 Å². The number of nitrogens with zero attached hydrogens (tertiary/aromatic N) is 1. The Kier molecular flexibility index (Phi) is 8.85. The fraction of sp³-hybridized carbons (Fsp3) is 0.391.